The molecule has 1 aromatic rings. The smallest absolute Gasteiger partial charge is 0.183 e. The van der Waals surface area contributed by atoms with Crippen LogP contribution in [0.15, 0.2) is 0 Å². The van der Waals surface area contributed by atoms with Crippen LogP contribution in [-0.4, -0.2) is 49.3 Å². The predicted molar refractivity (Wildman–Crippen MR) is 99.9 cm³/mol. The summed E-state index contributed by atoms with van der Waals surface area (Å²) >= 11 is 1.82. The quantitative estimate of drug-likeness (QED) is 0.826. The molecule has 0 radical (unpaired) electrons. The summed E-state index contributed by atoms with van der Waals surface area (Å²) in [4.78, 5) is 8.79. The van der Waals surface area contributed by atoms with Crippen molar-refractivity contribution >= 4 is 16.5 Å². The summed E-state index contributed by atoms with van der Waals surface area (Å²) in [6.45, 7) is 19.6. The Balaban J connectivity index is 1.91. The number of thiazole rings is 1. The molecule has 0 atom stereocenters. The van der Waals surface area contributed by atoms with Gasteiger partial charge in [0.25, 0.3) is 0 Å². The van der Waals surface area contributed by atoms with Crippen LogP contribution in [0.5, 0.6) is 0 Å². The summed E-state index contributed by atoms with van der Waals surface area (Å²) in [6, 6.07) is 0. The molecule has 0 aliphatic carbocycles. The molecule has 4 nitrogen and oxygen atoms in total. The molecule has 0 unspecified atom stereocenters. The molecule has 0 bridgehead atoms. The minimum atomic E-state index is 0.0901. The maximum atomic E-state index is 5.39. The normalized spacial score (nSPS) is 17.5. The highest BCUT2D eigenvalue weighted by Crippen LogP contribution is 2.39. The van der Waals surface area contributed by atoms with Gasteiger partial charge in [0.15, 0.2) is 5.13 Å². The maximum absolute atomic E-state index is 5.39. The van der Waals surface area contributed by atoms with Gasteiger partial charge in [-0.15, -0.1) is 11.3 Å². The topological polar surface area (TPSA) is 37.4 Å². The second-order valence-electron chi connectivity index (χ2n) is 8.43. The Morgan fingerprint density at radius 2 is 1.74 bits per heavy atom. The number of aromatic nitrogens is 1. The second-order valence-corrected chi connectivity index (χ2v) is 9.43. The first-order chi connectivity index (χ1) is 10.7. The lowest BCUT2D eigenvalue weighted by atomic mass is 9.84. The van der Waals surface area contributed by atoms with Crippen molar-refractivity contribution in [3.63, 3.8) is 0 Å². The second kappa shape index (κ2) is 7.49. The third-order valence-electron chi connectivity index (χ3n) is 4.05. The fraction of sp³-hybridized carbons (Fsp3) is 0.833. The summed E-state index contributed by atoms with van der Waals surface area (Å²) in [5, 5.41) is 4.61. The molecule has 5 heteroatoms. The molecule has 0 amide bonds. The van der Waals surface area contributed by atoms with Crippen molar-refractivity contribution in [2.24, 2.45) is 0 Å². The van der Waals surface area contributed by atoms with Crippen LogP contribution in [-0.2, 0) is 15.6 Å². The van der Waals surface area contributed by atoms with E-state index >= 15 is 0 Å². The van der Waals surface area contributed by atoms with Crippen LogP contribution < -0.4 is 5.32 Å². The highest BCUT2D eigenvalue weighted by atomic mass is 32.1. The van der Waals surface area contributed by atoms with Gasteiger partial charge in [-0.1, -0.05) is 41.5 Å². The van der Waals surface area contributed by atoms with E-state index < -0.39 is 0 Å². The first-order valence-corrected chi connectivity index (χ1v) is 9.55. The molecule has 23 heavy (non-hydrogen) atoms. The zero-order valence-corrected chi connectivity index (χ0v) is 16.5. The van der Waals surface area contributed by atoms with Crippen LogP contribution >= 0.6 is 11.3 Å². The number of nitrogens with zero attached hydrogens (tertiary/aromatic N) is 2. The molecule has 1 aliphatic heterocycles. The van der Waals surface area contributed by atoms with E-state index in [0.717, 1.165) is 50.9 Å². The van der Waals surface area contributed by atoms with Crippen LogP contribution in [0.2, 0.25) is 0 Å². The Morgan fingerprint density at radius 3 is 2.26 bits per heavy atom. The molecule has 0 saturated carbocycles. The van der Waals surface area contributed by atoms with Crippen LogP contribution in [0.25, 0.3) is 0 Å². The molecule has 2 rings (SSSR count). The monoisotopic (exact) mass is 339 g/mol. The minimum Gasteiger partial charge on any atom is -0.379 e. The van der Waals surface area contributed by atoms with Gasteiger partial charge in [0.2, 0.25) is 0 Å². The highest BCUT2D eigenvalue weighted by molar-refractivity contribution is 7.15. The van der Waals surface area contributed by atoms with Crippen LogP contribution in [0.1, 0.15) is 58.5 Å². The van der Waals surface area contributed by atoms with Gasteiger partial charge >= 0.3 is 0 Å². The summed E-state index contributed by atoms with van der Waals surface area (Å²) in [5.41, 5.74) is 1.48. The van der Waals surface area contributed by atoms with Gasteiger partial charge in [0.05, 0.1) is 18.9 Å². The number of rotatable bonds is 5. The molecule has 1 fully saturated rings. The summed E-state index contributed by atoms with van der Waals surface area (Å²) in [5.74, 6) is 0. The number of hydrogen-bond donors (Lipinski definition) is 1. The van der Waals surface area contributed by atoms with Crippen LogP contribution in [0.3, 0.4) is 0 Å². The van der Waals surface area contributed by atoms with E-state index in [0.29, 0.717) is 0 Å². The fourth-order valence-electron chi connectivity index (χ4n) is 2.74. The van der Waals surface area contributed by atoms with E-state index in [4.69, 9.17) is 9.72 Å². The van der Waals surface area contributed by atoms with Crippen molar-refractivity contribution < 1.29 is 4.74 Å². The number of morpholine rings is 1. The lowest BCUT2D eigenvalue weighted by Gasteiger charge is -2.26. The van der Waals surface area contributed by atoms with Crippen molar-refractivity contribution in [1.29, 1.82) is 0 Å². The van der Waals surface area contributed by atoms with Gasteiger partial charge in [-0.25, -0.2) is 4.98 Å². The molecular weight excluding hydrogens is 306 g/mol. The molecule has 0 spiro atoms. The summed E-state index contributed by atoms with van der Waals surface area (Å²) < 4.78 is 5.39. The van der Waals surface area contributed by atoms with Gasteiger partial charge in [0, 0.05) is 29.9 Å². The zero-order valence-electron chi connectivity index (χ0n) is 15.7. The number of anilines is 1. The van der Waals surface area contributed by atoms with Crippen molar-refractivity contribution in [2.45, 2.75) is 58.8 Å². The van der Waals surface area contributed by atoms with E-state index in [-0.39, 0.29) is 10.8 Å². The molecule has 1 aliphatic rings. The minimum absolute atomic E-state index is 0.0901. The summed E-state index contributed by atoms with van der Waals surface area (Å²) in [6.07, 6.45) is 1.15. The standard InChI is InChI=1S/C18H33N3OS/c1-17(2,3)14-15(18(4,5)6)23-16(20-14)19-8-7-9-21-10-12-22-13-11-21/h7-13H2,1-6H3,(H,19,20). The Morgan fingerprint density at radius 1 is 1.09 bits per heavy atom. The predicted octanol–water partition coefficient (Wildman–Crippen LogP) is 3.87. The Hall–Kier alpha value is -0.650. The fourth-order valence-corrected chi connectivity index (χ4v) is 3.99. The molecular formula is C18H33N3OS. The SMILES string of the molecule is CC(C)(C)c1nc(NCCCN2CCOCC2)sc1C(C)(C)C. The lowest BCUT2D eigenvalue weighted by Crippen LogP contribution is -2.37. The Kier molecular flexibility index (Phi) is 6.09. The van der Waals surface area contributed by atoms with Crippen molar-refractivity contribution in [3.05, 3.63) is 10.6 Å². The van der Waals surface area contributed by atoms with E-state index in [1.165, 1.54) is 10.6 Å². The molecule has 1 aromatic heterocycles. The van der Waals surface area contributed by atoms with Gasteiger partial charge in [-0.3, -0.25) is 4.90 Å². The van der Waals surface area contributed by atoms with E-state index in [9.17, 15) is 0 Å². The van der Waals surface area contributed by atoms with Gasteiger partial charge < -0.3 is 10.1 Å². The number of hydrogen-bond acceptors (Lipinski definition) is 5. The van der Waals surface area contributed by atoms with Gasteiger partial charge in [-0.2, -0.15) is 0 Å². The van der Waals surface area contributed by atoms with Gasteiger partial charge in [-0.05, 0) is 18.4 Å². The van der Waals surface area contributed by atoms with E-state index in [2.05, 4.69) is 51.8 Å². The molecule has 132 valence electrons. The molecule has 1 saturated heterocycles. The average Bonchev–Trinajstić information content (AvgIpc) is 2.89. The van der Waals surface area contributed by atoms with Crippen LogP contribution in [0.4, 0.5) is 5.13 Å². The van der Waals surface area contributed by atoms with E-state index in [1.54, 1.807) is 0 Å². The van der Waals surface area contributed by atoms with Crippen LogP contribution in [0, 0.1) is 0 Å². The number of nitrogens with one attached hydrogen (secondary N) is 1. The maximum Gasteiger partial charge on any atom is 0.183 e. The lowest BCUT2D eigenvalue weighted by molar-refractivity contribution is 0.0378. The summed E-state index contributed by atoms with van der Waals surface area (Å²) in [7, 11) is 0. The molecule has 0 aromatic carbocycles. The highest BCUT2D eigenvalue weighted by Gasteiger charge is 2.29. The Bertz CT molecular complexity index is 462. The first-order valence-electron chi connectivity index (χ1n) is 8.74. The molecule has 1 N–H and O–H groups in total. The number of ether oxygens (including phenoxy) is 1. The van der Waals surface area contributed by atoms with Crippen molar-refractivity contribution in [2.75, 3.05) is 44.7 Å². The van der Waals surface area contributed by atoms with Crippen molar-refractivity contribution in [1.82, 2.24) is 9.88 Å². The van der Waals surface area contributed by atoms with Crippen molar-refractivity contribution in [3.8, 4) is 0 Å². The largest absolute Gasteiger partial charge is 0.379 e. The van der Waals surface area contributed by atoms with Gasteiger partial charge in [0.1, 0.15) is 0 Å². The zero-order chi connectivity index (χ0) is 17.1. The Labute approximate surface area is 145 Å². The average molecular weight is 340 g/mol. The third kappa shape index (κ3) is 5.44. The third-order valence-corrected chi connectivity index (χ3v) is 5.49. The first kappa shape index (κ1) is 18.7. The molecule has 2 heterocycles. The van der Waals surface area contributed by atoms with E-state index in [1.807, 2.05) is 11.3 Å².